The van der Waals surface area contributed by atoms with E-state index in [0.717, 1.165) is 38.4 Å². The number of hydrogen-bond donors (Lipinski definition) is 1. The van der Waals surface area contributed by atoms with Crippen LogP contribution < -0.4 is 10.1 Å². The first-order valence-electron chi connectivity index (χ1n) is 6.51. The van der Waals surface area contributed by atoms with E-state index in [-0.39, 0.29) is 5.91 Å². The minimum Gasteiger partial charge on any atom is -0.491 e. The average Bonchev–Trinajstić information content (AvgIpc) is 2.41. The van der Waals surface area contributed by atoms with Crippen LogP contribution in [0.4, 0.5) is 0 Å². The predicted molar refractivity (Wildman–Crippen MR) is 92.8 cm³/mol. The van der Waals surface area contributed by atoms with Gasteiger partial charge >= 0.3 is 0 Å². The van der Waals surface area contributed by atoms with Crippen molar-refractivity contribution in [2.24, 2.45) is 0 Å². The van der Waals surface area contributed by atoms with Crippen LogP contribution >= 0.6 is 47.8 Å². The maximum absolute atomic E-state index is 11.2. The Labute approximate surface area is 145 Å². The van der Waals surface area contributed by atoms with Gasteiger partial charge < -0.3 is 10.1 Å². The molecular weight excluding hydrogens is 454 g/mol. The normalized spacial score (nSPS) is 10.4. The zero-order valence-corrected chi connectivity index (χ0v) is 16.1. The quantitative estimate of drug-likeness (QED) is 0.449. The standard InChI is InChI=1S/C14H18Br3NO2/c1-2-13(19)18-6-4-10-8-11(16)14(12(17)9-10)20-7-3-5-15/h8-9H,2-7H2,1H3,(H,18,19). The third kappa shape index (κ3) is 6.14. The van der Waals surface area contributed by atoms with Crippen LogP contribution in [0, 0.1) is 0 Å². The highest BCUT2D eigenvalue weighted by molar-refractivity contribution is 9.11. The molecule has 1 amide bonds. The molecule has 1 aromatic carbocycles. The minimum absolute atomic E-state index is 0.0813. The Morgan fingerprint density at radius 3 is 2.50 bits per heavy atom. The Hall–Kier alpha value is -0.0700. The first-order chi connectivity index (χ1) is 9.58. The fraction of sp³-hybridized carbons (Fsp3) is 0.500. The highest BCUT2D eigenvalue weighted by atomic mass is 79.9. The van der Waals surface area contributed by atoms with Crippen LogP contribution in [0.25, 0.3) is 0 Å². The molecule has 0 aliphatic rings. The highest BCUT2D eigenvalue weighted by Crippen LogP contribution is 2.35. The Kier molecular flexibility index (Phi) is 8.80. The van der Waals surface area contributed by atoms with E-state index in [1.165, 1.54) is 0 Å². The summed E-state index contributed by atoms with van der Waals surface area (Å²) < 4.78 is 7.59. The van der Waals surface area contributed by atoms with Gasteiger partial charge in [-0.1, -0.05) is 22.9 Å². The van der Waals surface area contributed by atoms with Crippen molar-refractivity contribution in [1.29, 1.82) is 0 Å². The van der Waals surface area contributed by atoms with E-state index in [2.05, 4.69) is 53.1 Å². The highest BCUT2D eigenvalue weighted by Gasteiger charge is 2.09. The molecule has 0 unspecified atom stereocenters. The SMILES string of the molecule is CCC(=O)NCCc1cc(Br)c(OCCCBr)c(Br)c1. The molecule has 3 nitrogen and oxygen atoms in total. The third-order valence-corrected chi connectivity index (χ3v) is 4.38. The number of rotatable bonds is 8. The lowest BCUT2D eigenvalue weighted by molar-refractivity contribution is -0.120. The fourth-order valence-corrected chi connectivity index (χ4v) is 3.33. The van der Waals surface area contributed by atoms with Gasteiger partial charge in [-0.15, -0.1) is 0 Å². The Balaban J connectivity index is 2.60. The molecule has 1 rings (SSSR count). The van der Waals surface area contributed by atoms with Gasteiger partial charge in [-0.25, -0.2) is 0 Å². The number of benzene rings is 1. The molecule has 0 fully saturated rings. The molecule has 0 radical (unpaired) electrons. The van der Waals surface area contributed by atoms with E-state index in [4.69, 9.17) is 4.74 Å². The van der Waals surface area contributed by atoms with Gasteiger partial charge in [0.15, 0.2) is 0 Å². The summed E-state index contributed by atoms with van der Waals surface area (Å²) in [5, 5.41) is 3.80. The number of carbonyl (C=O) groups excluding carboxylic acids is 1. The molecule has 6 heteroatoms. The molecule has 20 heavy (non-hydrogen) atoms. The van der Waals surface area contributed by atoms with Crippen molar-refractivity contribution >= 4 is 53.7 Å². The summed E-state index contributed by atoms with van der Waals surface area (Å²) in [4.78, 5) is 11.2. The lowest BCUT2D eigenvalue weighted by atomic mass is 10.1. The second kappa shape index (κ2) is 9.79. The van der Waals surface area contributed by atoms with E-state index in [1.807, 2.05) is 19.1 Å². The van der Waals surface area contributed by atoms with Crippen molar-refractivity contribution < 1.29 is 9.53 Å². The molecule has 0 aliphatic carbocycles. The van der Waals surface area contributed by atoms with Crippen LogP contribution in [0.15, 0.2) is 21.1 Å². The zero-order chi connectivity index (χ0) is 15.0. The molecule has 1 N–H and O–H groups in total. The summed E-state index contributed by atoms with van der Waals surface area (Å²) in [6.45, 7) is 3.17. The first-order valence-corrected chi connectivity index (χ1v) is 9.22. The molecule has 0 saturated carbocycles. The Morgan fingerprint density at radius 1 is 1.30 bits per heavy atom. The number of ether oxygens (including phenoxy) is 1. The lowest BCUT2D eigenvalue weighted by Gasteiger charge is -2.12. The number of halogens is 3. The fourth-order valence-electron chi connectivity index (χ4n) is 1.59. The second-order valence-electron chi connectivity index (χ2n) is 4.23. The largest absolute Gasteiger partial charge is 0.491 e. The smallest absolute Gasteiger partial charge is 0.219 e. The Bertz CT molecular complexity index is 429. The summed E-state index contributed by atoms with van der Waals surface area (Å²) in [6, 6.07) is 4.07. The molecule has 1 aromatic rings. The van der Waals surface area contributed by atoms with E-state index >= 15 is 0 Å². The minimum atomic E-state index is 0.0813. The van der Waals surface area contributed by atoms with Gasteiger partial charge in [0, 0.05) is 18.3 Å². The third-order valence-electron chi connectivity index (χ3n) is 2.64. The van der Waals surface area contributed by atoms with Crippen molar-refractivity contribution in [2.75, 3.05) is 18.5 Å². The number of hydrogen-bond acceptors (Lipinski definition) is 2. The molecular formula is C14H18Br3NO2. The second-order valence-corrected chi connectivity index (χ2v) is 6.73. The number of carbonyl (C=O) groups is 1. The van der Waals surface area contributed by atoms with Gasteiger partial charge in [0.2, 0.25) is 5.91 Å². The number of amides is 1. The van der Waals surface area contributed by atoms with Crippen LogP contribution in [-0.2, 0) is 11.2 Å². The molecule has 0 aliphatic heterocycles. The first kappa shape index (κ1) is 18.0. The molecule has 112 valence electrons. The van der Waals surface area contributed by atoms with Gasteiger partial charge in [-0.3, -0.25) is 4.79 Å². The summed E-state index contributed by atoms with van der Waals surface area (Å²) in [6.07, 6.45) is 2.28. The van der Waals surface area contributed by atoms with Gasteiger partial charge in [0.1, 0.15) is 5.75 Å². The van der Waals surface area contributed by atoms with Crippen molar-refractivity contribution in [2.45, 2.75) is 26.2 Å². The summed E-state index contributed by atoms with van der Waals surface area (Å²) in [5.41, 5.74) is 1.15. The average molecular weight is 472 g/mol. The number of alkyl halides is 1. The van der Waals surface area contributed by atoms with Crippen molar-refractivity contribution in [3.63, 3.8) is 0 Å². The molecule has 0 aromatic heterocycles. The molecule has 0 heterocycles. The lowest BCUT2D eigenvalue weighted by Crippen LogP contribution is -2.24. The number of nitrogens with one attached hydrogen (secondary N) is 1. The monoisotopic (exact) mass is 469 g/mol. The van der Waals surface area contributed by atoms with Crippen molar-refractivity contribution in [3.05, 3.63) is 26.6 Å². The van der Waals surface area contributed by atoms with Crippen LogP contribution in [0.5, 0.6) is 5.75 Å². The zero-order valence-electron chi connectivity index (χ0n) is 11.3. The van der Waals surface area contributed by atoms with Gasteiger partial charge in [-0.2, -0.15) is 0 Å². The molecule has 0 atom stereocenters. The summed E-state index contributed by atoms with van der Waals surface area (Å²) in [7, 11) is 0. The van der Waals surface area contributed by atoms with Crippen LogP contribution in [0.2, 0.25) is 0 Å². The van der Waals surface area contributed by atoms with E-state index < -0.39 is 0 Å². The van der Waals surface area contributed by atoms with Gasteiger partial charge in [0.25, 0.3) is 0 Å². The molecule has 0 spiro atoms. The summed E-state index contributed by atoms with van der Waals surface area (Å²) >= 11 is 10.4. The van der Waals surface area contributed by atoms with Crippen molar-refractivity contribution in [3.8, 4) is 5.75 Å². The predicted octanol–water partition coefficient (Wildman–Crippen LogP) is 4.44. The van der Waals surface area contributed by atoms with Crippen LogP contribution in [0.3, 0.4) is 0 Å². The van der Waals surface area contributed by atoms with Crippen LogP contribution in [0.1, 0.15) is 25.3 Å². The van der Waals surface area contributed by atoms with Gasteiger partial charge in [-0.05, 0) is 62.4 Å². The molecule has 0 bridgehead atoms. The Morgan fingerprint density at radius 2 is 1.95 bits per heavy atom. The van der Waals surface area contributed by atoms with E-state index in [0.29, 0.717) is 19.6 Å². The topological polar surface area (TPSA) is 38.3 Å². The summed E-state index contributed by atoms with van der Waals surface area (Å²) in [5.74, 6) is 0.908. The van der Waals surface area contributed by atoms with E-state index in [9.17, 15) is 4.79 Å². The maximum Gasteiger partial charge on any atom is 0.219 e. The maximum atomic E-state index is 11.2. The van der Waals surface area contributed by atoms with Crippen LogP contribution in [-0.4, -0.2) is 24.4 Å². The van der Waals surface area contributed by atoms with Gasteiger partial charge in [0.05, 0.1) is 15.6 Å². The van der Waals surface area contributed by atoms with Crippen molar-refractivity contribution in [1.82, 2.24) is 5.32 Å². The van der Waals surface area contributed by atoms with E-state index in [1.54, 1.807) is 0 Å². The molecule has 0 saturated heterocycles.